The Balaban J connectivity index is 0.0000001000. The zero-order valence-electron chi connectivity index (χ0n) is 5.31. The zero-order chi connectivity index (χ0) is 7.07. The molecular weight excluding hydrogens is 130 g/mol. The van der Waals surface area contributed by atoms with Gasteiger partial charge in [0, 0.05) is 18.9 Å². The molecule has 1 aliphatic rings. The van der Waals surface area contributed by atoms with Crippen molar-refractivity contribution in [3.05, 3.63) is 12.4 Å². The lowest BCUT2D eigenvalue weighted by molar-refractivity contribution is 0.940. The van der Waals surface area contributed by atoms with Crippen LogP contribution in [-0.4, -0.2) is 27.8 Å². The van der Waals surface area contributed by atoms with E-state index in [0.29, 0.717) is 0 Å². The molecule has 0 saturated heterocycles. The molecule has 1 aliphatic heterocycles. The third-order valence-corrected chi connectivity index (χ3v) is 0.772. The molecule has 0 bridgehead atoms. The zero-order valence-corrected chi connectivity index (χ0v) is 5.31. The van der Waals surface area contributed by atoms with Crippen molar-refractivity contribution in [2.24, 2.45) is 10.2 Å². The summed E-state index contributed by atoms with van der Waals surface area (Å²) >= 11 is 0. The number of aromatic nitrogens is 3. The number of H-pyrrole nitrogens is 1. The number of aromatic amines is 1. The normalized spacial score (nSPS) is 12.8. The van der Waals surface area contributed by atoms with Crippen molar-refractivity contribution in [3.8, 4) is 0 Å². The van der Waals surface area contributed by atoms with E-state index in [9.17, 15) is 0 Å². The lowest BCUT2D eigenvalue weighted by Gasteiger charge is -1.50. The maximum absolute atomic E-state index is 3.53. The van der Waals surface area contributed by atoms with Gasteiger partial charge in [0.1, 0.15) is 0 Å². The van der Waals surface area contributed by atoms with Gasteiger partial charge in [-0.25, -0.2) is 0 Å². The van der Waals surface area contributed by atoms with Crippen LogP contribution in [-0.2, 0) is 0 Å². The van der Waals surface area contributed by atoms with Crippen LogP contribution in [0.2, 0.25) is 0 Å². The van der Waals surface area contributed by atoms with Gasteiger partial charge >= 0.3 is 0 Å². The summed E-state index contributed by atoms with van der Waals surface area (Å²) in [6.45, 7) is 0. The molecule has 5 nitrogen and oxygen atoms in total. The second-order valence-electron chi connectivity index (χ2n) is 1.49. The number of nitrogens with zero attached hydrogens (tertiary/aromatic N) is 4. The van der Waals surface area contributed by atoms with E-state index in [0.717, 1.165) is 6.42 Å². The maximum Gasteiger partial charge on any atom is 0.0690 e. The van der Waals surface area contributed by atoms with Crippen molar-refractivity contribution in [2.45, 2.75) is 6.42 Å². The fraction of sp³-hybridized carbons (Fsp3) is 0.200. The molecule has 1 aromatic heterocycles. The van der Waals surface area contributed by atoms with Crippen molar-refractivity contribution in [1.29, 1.82) is 0 Å². The maximum atomic E-state index is 3.53. The molecular formula is C5H7N5. The van der Waals surface area contributed by atoms with E-state index < -0.39 is 0 Å². The predicted octanol–water partition coefficient (Wildman–Crippen LogP) is 0.251. The summed E-state index contributed by atoms with van der Waals surface area (Å²) in [6.07, 6.45) is 7.61. The van der Waals surface area contributed by atoms with E-state index in [1.807, 2.05) is 0 Å². The Kier molecular flexibility index (Phi) is 2.88. The minimum atomic E-state index is 0.917. The van der Waals surface area contributed by atoms with Crippen LogP contribution in [0.1, 0.15) is 6.42 Å². The van der Waals surface area contributed by atoms with E-state index in [4.69, 9.17) is 0 Å². The second kappa shape index (κ2) is 4.37. The quantitative estimate of drug-likeness (QED) is 0.557. The van der Waals surface area contributed by atoms with E-state index in [1.54, 1.807) is 24.8 Å². The van der Waals surface area contributed by atoms with E-state index in [1.165, 1.54) is 0 Å². The molecule has 0 radical (unpaired) electrons. The smallest absolute Gasteiger partial charge is 0.0690 e. The first-order valence-corrected chi connectivity index (χ1v) is 2.83. The largest absolute Gasteiger partial charge is 0.198 e. The van der Waals surface area contributed by atoms with Gasteiger partial charge in [0.25, 0.3) is 0 Å². The Morgan fingerprint density at radius 1 is 1.00 bits per heavy atom. The molecule has 0 unspecified atom stereocenters. The molecule has 0 spiro atoms. The Labute approximate surface area is 57.9 Å². The summed E-state index contributed by atoms with van der Waals surface area (Å²) < 4.78 is 0. The van der Waals surface area contributed by atoms with E-state index >= 15 is 0 Å². The van der Waals surface area contributed by atoms with Crippen LogP contribution in [0.25, 0.3) is 0 Å². The fourth-order valence-electron chi connectivity index (χ4n) is 0.402. The molecule has 2 heterocycles. The molecule has 0 amide bonds. The summed E-state index contributed by atoms with van der Waals surface area (Å²) in [7, 11) is 0. The Hall–Kier alpha value is -1.52. The highest BCUT2D eigenvalue weighted by Crippen LogP contribution is 1.78. The highest BCUT2D eigenvalue weighted by atomic mass is 15.3. The molecule has 0 atom stereocenters. The van der Waals surface area contributed by atoms with Crippen LogP contribution in [0.3, 0.4) is 0 Å². The third-order valence-electron chi connectivity index (χ3n) is 0.772. The van der Waals surface area contributed by atoms with Crippen LogP contribution < -0.4 is 0 Å². The third kappa shape index (κ3) is 2.71. The van der Waals surface area contributed by atoms with Gasteiger partial charge < -0.3 is 0 Å². The SMILES string of the molecule is C1=NN=CC1.c1cn[nH]n1. The Morgan fingerprint density at radius 2 is 1.60 bits per heavy atom. The van der Waals surface area contributed by atoms with Crippen molar-refractivity contribution in [3.63, 3.8) is 0 Å². The molecule has 10 heavy (non-hydrogen) atoms. The molecule has 1 aromatic rings. The molecule has 0 saturated carbocycles. The Bertz CT molecular complexity index is 173. The molecule has 5 heteroatoms. The fourth-order valence-corrected chi connectivity index (χ4v) is 0.402. The van der Waals surface area contributed by atoms with Gasteiger partial charge in [0.05, 0.1) is 12.4 Å². The summed E-state index contributed by atoms with van der Waals surface area (Å²) in [6, 6.07) is 0. The standard InChI is InChI=1S/C3H4N2.C2H3N3/c2*1-2-4-5-3-1/h2-3H,1H2;1-2H,(H,3,4,5). The van der Waals surface area contributed by atoms with Crippen LogP contribution >= 0.6 is 0 Å². The van der Waals surface area contributed by atoms with Crippen molar-refractivity contribution in [2.75, 3.05) is 0 Å². The lowest BCUT2D eigenvalue weighted by Crippen LogP contribution is -1.61. The highest BCUT2D eigenvalue weighted by molar-refractivity contribution is 5.82. The van der Waals surface area contributed by atoms with Crippen LogP contribution in [0.5, 0.6) is 0 Å². The summed E-state index contributed by atoms with van der Waals surface area (Å²) in [4.78, 5) is 0. The predicted molar refractivity (Wildman–Crippen MR) is 38.0 cm³/mol. The van der Waals surface area contributed by atoms with Crippen molar-refractivity contribution < 1.29 is 0 Å². The first-order chi connectivity index (χ1) is 5.00. The van der Waals surface area contributed by atoms with E-state index in [2.05, 4.69) is 25.6 Å². The number of hydrogen-bond acceptors (Lipinski definition) is 4. The average molecular weight is 137 g/mol. The molecule has 0 aliphatic carbocycles. The summed E-state index contributed by atoms with van der Waals surface area (Å²) in [5.74, 6) is 0. The molecule has 1 N–H and O–H groups in total. The summed E-state index contributed by atoms with van der Waals surface area (Å²) in [5, 5.41) is 16.4. The van der Waals surface area contributed by atoms with Crippen molar-refractivity contribution in [1.82, 2.24) is 15.4 Å². The molecule has 0 aromatic carbocycles. The molecule has 52 valence electrons. The van der Waals surface area contributed by atoms with Crippen molar-refractivity contribution >= 4 is 12.4 Å². The van der Waals surface area contributed by atoms with Gasteiger partial charge in [0.2, 0.25) is 0 Å². The first kappa shape index (κ1) is 6.60. The number of rotatable bonds is 0. The van der Waals surface area contributed by atoms with E-state index in [-0.39, 0.29) is 0 Å². The topological polar surface area (TPSA) is 66.3 Å². The van der Waals surface area contributed by atoms with Crippen LogP contribution in [0, 0.1) is 0 Å². The van der Waals surface area contributed by atoms with Gasteiger partial charge in [-0.05, 0) is 0 Å². The first-order valence-electron chi connectivity index (χ1n) is 2.83. The van der Waals surface area contributed by atoms with Gasteiger partial charge in [-0.1, -0.05) is 0 Å². The number of nitrogens with one attached hydrogen (secondary N) is 1. The van der Waals surface area contributed by atoms with Crippen LogP contribution in [0.4, 0.5) is 0 Å². The Morgan fingerprint density at radius 3 is 1.80 bits per heavy atom. The van der Waals surface area contributed by atoms with Crippen LogP contribution in [0.15, 0.2) is 22.6 Å². The molecule has 0 fully saturated rings. The second-order valence-corrected chi connectivity index (χ2v) is 1.49. The van der Waals surface area contributed by atoms with Gasteiger partial charge in [-0.3, -0.25) is 0 Å². The minimum absolute atomic E-state index is 0.917. The lowest BCUT2D eigenvalue weighted by atomic mass is 10.5. The molecule has 2 rings (SSSR count). The van der Waals surface area contributed by atoms with Gasteiger partial charge in [-0.2, -0.15) is 25.6 Å². The van der Waals surface area contributed by atoms with Gasteiger partial charge in [0.15, 0.2) is 0 Å². The average Bonchev–Trinajstić information content (AvgIpc) is 2.67. The van der Waals surface area contributed by atoms with Gasteiger partial charge in [-0.15, -0.1) is 0 Å². The number of hydrogen-bond donors (Lipinski definition) is 1. The monoisotopic (exact) mass is 137 g/mol. The highest BCUT2D eigenvalue weighted by Gasteiger charge is 1.75. The summed E-state index contributed by atoms with van der Waals surface area (Å²) in [5.41, 5.74) is 0. The minimum Gasteiger partial charge on any atom is -0.198 e.